The molecule has 1 amide bonds. The number of aromatic nitrogens is 1. The number of benzene rings is 1. The van der Waals surface area contributed by atoms with Gasteiger partial charge in [-0.1, -0.05) is 18.2 Å². The lowest BCUT2D eigenvalue weighted by Crippen LogP contribution is -2.39. The van der Waals surface area contributed by atoms with Crippen LogP contribution in [0.4, 0.5) is 0 Å². The van der Waals surface area contributed by atoms with Crippen LogP contribution in [0, 0.1) is 0 Å². The molecule has 1 fully saturated rings. The van der Waals surface area contributed by atoms with E-state index in [0.29, 0.717) is 37.2 Å². The van der Waals surface area contributed by atoms with Crippen molar-refractivity contribution in [2.24, 2.45) is 0 Å². The third-order valence-electron chi connectivity index (χ3n) is 5.71. The number of ether oxygens (including phenoxy) is 1. The molecule has 2 aromatic heterocycles. The molecule has 1 aliphatic heterocycles. The maximum atomic E-state index is 13.1. The number of hydrogen-bond acceptors (Lipinski definition) is 6. The second-order valence-corrected chi connectivity index (χ2v) is 9.65. The van der Waals surface area contributed by atoms with Crippen LogP contribution in [0.5, 0.6) is 0 Å². The van der Waals surface area contributed by atoms with E-state index in [-0.39, 0.29) is 28.4 Å². The molecule has 0 N–H and O–H groups in total. The van der Waals surface area contributed by atoms with Crippen molar-refractivity contribution in [1.82, 2.24) is 9.47 Å². The number of likely N-dealkylation sites (tertiary alicyclic amines) is 1. The Bertz CT molecular complexity index is 1200. The van der Waals surface area contributed by atoms with Crippen LogP contribution in [-0.4, -0.2) is 50.0 Å². The van der Waals surface area contributed by atoms with E-state index in [4.69, 9.17) is 9.15 Å². The molecule has 0 spiro atoms. The van der Waals surface area contributed by atoms with Crippen LogP contribution in [-0.2, 0) is 20.3 Å². The van der Waals surface area contributed by atoms with Gasteiger partial charge in [0.2, 0.25) is 0 Å². The van der Waals surface area contributed by atoms with Crippen LogP contribution >= 0.6 is 0 Å². The van der Waals surface area contributed by atoms with Gasteiger partial charge < -0.3 is 18.6 Å². The van der Waals surface area contributed by atoms with E-state index >= 15 is 0 Å². The van der Waals surface area contributed by atoms with Crippen molar-refractivity contribution < 1.29 is 27.2 Å². The standard InChI is InChI=1S/C23H24N2O6S/c1-30-23(27)20-8-5-12-25(20)18-9-13-24(14-10-18)22(26)21-17(11-15-31-21)16-32(28,29)19-6-3-2-4-7-19/h2-8,11-12,15,18H,9-10,13-14,16H2,1H3. The molecule has 0 atom stereocenters. The zero-order valence-electron chi connectivity index (χ0n) is 17.6. The SMILES string of the molecule is COC(=O)c1cccn1C1CCN(C(=O)c2occc2CS(=O)(=O)c2ccccc2)CC1. The van der Waals surface area contributed by atoms with Crippen molar-refractivity contribution in [3.05, 3.63) is 78.0 Å². The Labute approximate surface area is 186 Å². The van der Waals surface area contributed by atoms with Crippen LogP contribution in [0.3, 0.4) is 0 Å². The summed E-state index contributed by atoms with van der Waals surface area (Å²) in [5, 5.41) is 0. The van der Waals surface area contributed by atoms with Gasteiger partial charge in [-0.2, -0.15) is 0 Å². The van der Waals surface area contributed by atoms with E-state index in [1.807, 2.05) is 10.8 Å². The quantitative estimate of drug-likeness (QED) is 0.528. The van der Waals surface area contributed by atoms with Crippen molar-refractivity contribution in [2.75, 3.05) is 20.2 Å². The Morgan fingerprint density at radius 3 is 2.47 bits per heavy atom. The normalized spacial score (nSPS) is 15.0. The van der Waals surface area contributed by atoms with Crippen LogP contribution in [0.15, 0.2) is 70.3 Å². The van der Waals surface area contributed by atoms with Gasteiger partial charge in [-0.15, -0.1) is 0 Å². The fraction of sp³-hybridized carbons (Fsp3) is 0.304. The summed E-state index contributed by atoms with van der Waals surface area (Å²) in [7, 11) is -2.25. The molecule has 4 rings (SSSR count). The first-order valence-corrected chi connectivity index (χ1v) is 11.9. The Hall–Kier alpha value is -3.33. The van der Waals surface area contributed by atoms with Gasteiger partial charge in [0.25, 0.3) is 5.91 Å². The van der Waals surface area contributed by atoms with Crippen molar-refractivity contribution in [1.29, 1.82) is 0 Å². The summed E-state index contributed by atoms with van der Waals surface area (Å²) in [6, 6.07) is 13.2. The zero-order valence-corrected chi connectivity index (χ0v) is 18.5. The van der Waals surface area contributed by atoms with E-state index in [0.717, 1.165) is 0 Å². The van der Waals surface area contributed by atoms with Crippen LogP contribution < -0.4 is 0 Å². The fourth-order valence-electron chi connectivity index (χ4n) is 4.03. The number of nitrogens with zero attached hydrogens (tertiary/aromatic N) is 2. The topological polar surface area (TPSA) is 98.8 Å². The molecule has 1 saturated heterocycles. The highest BCUT2D eigenvalue weighted by molar-refractivity contribution is 7.90. The zero-order chi connectivity index (χ0) is 22.7. The van der Waals surface area contributed by atoms with Crippen molar-refractivity contribution in [3.63, 3.8) is 0 Å². The highest BCUT2D eigenvalue weighted by Crippen LogP contribution is 2.27. The number of carbonyl (C=O) groups is 2. The Morgan fingerprint density at radius 2 is 1.78 bits per heavy atom. The van der Waals surface area contributed by atoms with E-state index in [2.05, 4.69) is 0 Å². The molecular formula is C23H24N2O6S. The summed E-state index contributed by atoms with van der Waals surface area (Å²) in [5.41, 5.74) is 0.830. The number of carbonyl (C=O) groups excluding carboxylic acids is 2. The lowest BCUT2D eigenvalue weighted by atomic mass is 10.0. The molecule has 0 radical (unpaired) electrons. The molecule has 3 heterocycles. The van der Waals surface area contributed by atoms with Crippen LogP contribution in [0.2, 0.25) is 0 Å². The second kappa shape index (κ2) is 9.04. The summed E-state index contributed by atoms with van der Waals surface area (Å²) in [6.45, 7) is 0.932. The summed E-state index contributed by atoms with van der Waals surface area (Å²) in [4.78, 5) is 26.9. The van der Waals surface area contributed by atoms with Gasteiger partial charge in [-0.25, -0.2) is 13.2 Å². The molecule has 0 aliphatic carbocycles. The Morgan fingerprint density at radius 1 is 1.06 bits per heavy atom. The Kier molecular flexibility index (Phi) is 6.18. The molecule has 8 nitrogen and oxygen atoms in total. The molecule has 0 unspecified atom stereocenters. The second-order valence-electron chi connectivity index (χ2n) is 7.66. The van der Waals surface area contributed by atoms with Gasteiger partial charge in [-0.05, 0) is 43.2 Å². The largest absolute Gasteiger partial charge is 0.464 e. The molecule has 0 saturated carbocycles. The van der Waals surface area contributed by atoms with Crippen LogP contribution in [0.1, 0.15) is 45.5 Å². The lowest BCUT2D eigenvalue weighted by Gasteiger charge is -2.33. The molecule has 0 bridgehead atoms. The van der Waals surface area contributed by atoms with Crippen molar-refractivity contribution >= 4 is 21.7 Å². The number of hydrogen-bond donors (Lipinski definition) is 0. The number of rotatable bonds is 6. The molecule has 1 aliphatic rings. The molecule has 9 heteroatoms. The van der Waals surface area contributed by atoms with Gasteiger partial charge >= 0.3 is 5.97 Å². The highest BCUT2D eigenvalue weighted by atomic mass is 32.2. The van der Waals surface area contributed by atoms with Gasteiger partial charge in [0.15, 0.2) is 15.6 Å². The molecule has 3 aromatic rings. The average molecular weight is 457 g/mol. The van der Waals surface area contributed by atoms with Crippen molar-refractivity contribution in [3.8, 4) is 0 Å². The maximum absolute atomic E-state index is 13.1. The van der Waals surface area contributed by atoms with Crippen LogP contribution in [0.25, 0.3) is 0 Å². The van der Waals surface area contributed by atoms with E-state index in [9.17, 15) is 18.0 Å². The first kappa shape index (κ1) is 21.9. The minimum absolute atomic E-state index is 0.0548. The summed E-state index contributed by atoms with van der Waals surface area (Å²) >= 11 is 0. The predicted octanol–water partition coefficient (Wildman–Crippen LogP) is 3.32. The van der Waals surface area contributed by atoms with Crippen molar-refractivity contribution in [2.45, 2.75) is 29.5 Å². The fourth-order valence-corrected chi connectivity index (χ4v) is 5.41. The molecule has 168 valence electrons. The smallest absolute Gasteiger partial charge is 0.354 e. The number of furan rings is 1. The third-order valence-corrected chi connectivity index (χ3v) is 7.39. The first-order valence-electron chi connectivity index (χ1n) is 10.3. The average Bonchev–Trinajstić information content (AvgIpc) is 3.48. The highest BCUT2D eigenvalue weighted by Gasteiger charge is 2.30. The van der Waals surface area contributed by atoms with Gasteiger partial charge in [0.05, 0.1) is 24.0 Å². The maximum Gasteiger partial charge on any atom is 0.354 e. The monoisotopic (exact) mass is 456 g/mol. The number of methoxy groups -OCH3 is 1. The molecular weight excluding hydrogens is 432 g/mol. The number of sulfone groups is 1. The minimum atomic E-state index is -3.60. The van der Waals surface area contributed by atoms with Gasteiger partial charge in [0.1, 0.15) is 5.69 Å². The first-order chi connectivity index (χ1) is 15.4. The summed E-state index contributed by atoms with van der Waals surface area (Å²) < 4.78 is 37.6. The van der Waals surface area contributed by atoms with Gasteiger partial charge in [-0.3, -0.25) is 4.79 Å². The molecule has 32 heavy (non-hydrogen) atoms. The Balaban J connectivity index is 1.45. The van der Waals surface area contributed by atoms with E-state index in [1.54, 1.807) is 35.2 Å². The van der Waals surface area contributed by atoms with E-state index in [1.165, 1.54) is 31.6 Å². The third kappa shape index (κ3) is 4.34. The number of amides is 1. The van der Waals surface area contributed by atoms with E-state index < -0.39 is 15.8 Å². The summed E-state index contributed by atoms with van der Waals surface area (Å²) in [5.74, 6) is -0.975. The number of esters is 1. The molecule has 1 aromatic carbocycles. The number of piperidine rings is 1. The lowest BCUT2D eigenvalue weighted by molar-refractivity contribution is 0.0570. The summed E-state index contributed by atoms with van der Waals surface area (Å²) in [6.07, 6.45) is 4.50. The minimum Gasteiger partial charge on any atom is -0.464 e. The predicted molar refractivity (Wildman–Crippen MR) is 116 cm³/mol. The van der Waals surface area contributed by atoms with Gasteiger partial charge in [0, 0.05) is 30.9 Å².